The maximum Gasteiger partial charge on any atom is 0.306 e. The molecule has 0 rings (SSSR count). The van der Waals surface area contributed by atoms with Crippen molar-refractivity contribution in [2.45, 2.75) is 206 Å². The molecule has 0 saturated carbocycles. The molecule has 0 aromatic heterocycles. The Morgan fingerprint density at radius 2 is 0.949 bits per heavy atom. The predicted molar refractivity (Wildman–Crippen MR) is 245 cm³/mol. The molecule has 0 aliphatic rings. The smallest absolute Gasteiger partial charge is 0.306 e. The number of quaternary nitrogens is 1. The van der Waals surface area contributed by atoms with Crippen LogP contribution in [0.25, 0.3) is 0 Å². The number of aliphatic carboxylic acids is 1. The van der Waals surface area contributed by atoms with Gasteiger partial charge in [-0.1, -0.05) is 158 Å². The third-order valence-corrected chi connectivity index (χ3v) is 10.4. The van der Waals surface area contributed by atoms with Crippen LogP contribution in [0.4, 0.5) is 0 Å². The highest BCUT2D eigenvalue weighted by molar-refractivity contribution is 5.70. The number of nitrogens with zero attached hydrogens (tertiary/aromatic N) is 1. The van der Waals surface area contributed by atoms with E-state index in [1.54, 1.807) is 21.1 Å². The van der Waals surface area contributed by atoms with Gasteiger partial charge in [-0.3, -0.25) is 9.59 Å². The van der Waals surface area contributed by atoms with E-state index in [-0.39, 0.29) is 42.7 Å². The summed E-state index contributed by atoms with van der Waals surface area (Å²) in [4.78, 5) is 36.9. The SMILES string of the molecule is CC/C=C/C/C=C/C/C=C/C/C=C/CCCCCCCCCCCC(=O)OC(COCCC(C(=O)[O-])[N+](C)(C)C)COC(=O)CCCCC/C=C/CCCCCCCC. The van der Waals surface area contributed by atoms with Crippen LogP contribution >= 0.6 is 0 Å². The lowest BCUT2D eigenvalue weighted by atomic mass is 10.1. The van der Waals surface area contributed by atoms with Crippen molar-refractivity contribution in [2.24, 2.45) is 0 Å². The standard InChI is InChI=1S/C51H89NO7/c1-6-8-10-12-14-16-18-20-21-22-23-24-25-26-27-28-30-32-34-36-38-40-42-50(54)59-47(45-57-44-43-48(51(55)56)52(3,4)5)46-58-49(53)41-39-37-35-33-31-29-19-17-15-13-11-9-7-2/h8,10,14,16,20-21,23-24,29,31,47-48H,6-7,9,11-13,15,17-19,22,25-28,30,32-46H2,1-5H3/b10-8+,16-14+,21-20+,24-23+,31-29+. The van der Waals surface area contributed by atoms with E-state index in [1.165, 1.54) is 77.0 Å². The monoisotopic (exact) mass is 828 g/mol. The van der Waals surface area contributed by atoms with Gasteiger partial charge in [0.05, 0.1) is 40.3 Å². The molecule has 340 valence electrons. The minimum atomic E-state index is -1.13. The minimum Gasteiger partial charge on any atom is -0.544 e. The Morgan fingerprint density at radius 1 is 0.525 bits per heavy atom. The Kier molecular flexibility index (Phi) is 39.6. The van der Waals surface area contributed by atoms with E-state index in [1.807, 2.05) is 0 Å². The average Bonchev–Trinajstić information content (AvgIpc) is 3.19. The first-order valence-electron chi connectivity index (χ1n) is 23.8. The number of carboxylic acids is 1. The van der Waals surface area contributed by atoms with E-state index in [4.69, 9.17) is 14.2 Å². The number of hydrogen-bond donors (Lipinski definition) is 0. The predicted octanol–water partition coefficient (Wildman–Crippen LogP) is 12.0. The van der Waals surface area contributed by atoms with Crippen LogP contribution in [0.3, 0.4) is 0 Å². The van der Waals surface area contributed by atoms with Gasteiger partial charge in [-0.05, 0) is 77.0 Å². The van der Waals surface area contributed by atoms with Crippen LogP contribution in [0, 0.1) is 0 Å². The average molecular weight is 828 g/mol. The lowest BCUT2D eigenvalue weighted by Crippen LogP contribution is -2.55. The molecule has 2 atom stereocenters. The van der Waals surface area contributed by atoms with Crippen molar-refractivity contribution in [1.29, 1.82) is 0 Å². The van der Waals surface area contributed by atoms with Crippen molar-refractivity contribution in [1.82, 2.24) is 0 Å². The van der Waals surface area contributed by atoms with Crippen molar-refractivity contribution < 1.29 is 38.2 Å². The van der Waals surface area contributed by atoms with Gasteiger partial charge in [-0.25, -0.2) is 0 Å². The number of carbonyl (C=O) groups excluding carboxylic acids is 3. The molecular weight excluding hydrogens is 739 g/mol. The van der Waals surface area contributed by atoms with Gasteiger partial charge in [-0.15, -0.1) is 0 Å². The molecule has 0 amide bonds. The summed E-state index contributed by atoms with van der Waals surface area (Å²) in [6.45, 7) is 4.52. The van der Waals surface area contributed by atoms with Crippen molar-refractivity contribution in [3.63, 3.8) is 0 Å². The number of carbonyl (C=O) groups is 3. The first-order valence-corrected chi connectivity index (χ1v) is 23.8. The number of esters is 2. The third-order valence-electron chi connectivity index (χ3n) is 10.4. The molecular formula is C51H89NO7. The van der Waals surface area contributed by atoms with Gasteiger partial charge in [0.15, 0.2) is 6.10 Å². The first kappa shape index (κ1) is 56.0. The van der Waals surface area contributed by atoms with Crippen molar-refractivity contribution in [2.75, 3.05) is 41.0 Å². The number of carboxylic acid groups (broad SMARTS) is 1. The second-order valence-corrected chi connectivity index (χ2v) is 17.0. The summed E-state index contributed by atoms with van der Waals surface area (Å²) in [5, 5.41) is 11.6. The van der Waals surface area contributed by atoms with E-state index < -0.39 is 18.1 Å². The Bertz CT molecular complexity index is 1150. The third kappa shape index (κ3) is 40.2. The highest BCUT2D eigenvalue weighted by Crippen LogP contribution is 2.14. The summed E-state index contributed by atoms with van der Waals surface area (Å²) in [5.41, 5.74) is 0. The molecule has 0 aliphatic carbocycles. The Labute approximate surface area is 362 Å². The second kappa shape index (κ2) is 41.8. The van der Waals surface area contributed by atoms with Crippen LogP contribution in [0.2, 0.25) is 0 Å². The molecule has 2 unspecified atom stereocenters. The zero-order valence-electron chi connectivity index (χ0n) is 38.7. The van der Waals surface area contributed by atoms with Crippen LogP contribution in [0.1, 0.15) is 194 Å². The molecule has 0 fully saturated rings. The molecule has 8 nitrogen and oxygen atoms in total. The molecule has 0 aliphatic heterocycles. The number of unbranched alkanes of at least 4 members (excludes halogenated alkanes) is 18. The van der Waals surface area contributed by atoms with Crippen LogP contribution in [0.5, 0.6) is 0 Å². The Balaban J connectivity index is 4.29. The Morgan fingerprint density at radius 3 is 1.44 bits per heavy atom. The normalized spacial score (nSPS) is 13.4. The molecule has 0 aromatic carbocycles. The molecule has 0 N–H and O–H groups in total. The van der Waals surface area contributed by atoms with E-state index in [0.29, 0.717) is 12.8 Å². The molecule has 0 heterocycles. The van der Waals surface area contributed by atoms with Gasteiger partial charge >= 0.3 is 11.9 Å². The molecule has 0 saturated heterocycles. The maximum absolute atomic E-state index is 12.8. The van der Waals surface area contributed by atoms with E-state index in [2.05, 4.69) is 74.6 Å². The van der Waals surface area contributed by atoms with E-state index in [9.17, 15) is 19.5 Å². The summed E-state index contributed by atoms with van der Waals surface area (Å²) in [5.74, 6) is -1.76. The van der Waals surface area contributed by atoms with E-state index in [0.717, 1.165) is 83.5 Å². The van der Waals surface area contributed by atoms with Gasteiger partial charge in [-0.2, -0.15) is 0 Å². The van der Waals surface area contributed by atoms with Gasteiger partial charge in [0.1, 0.15) is 12.6 Å². The molecule has 59 heavy (non-hydrogen) atoms. The number of hydrogen-bond acceptors (Lipinski definition) is 7. The van der Waals surface area contributed by atoms with Gasteiger partial charge in [0.2, 0.25) is 0 Å². The molecule has 0 spiro atoms. The van der Waals surface area contributed by atoms with Crippen molar-refractivity contribution in [3.05, 3.63) is 60.8 Å². The lowest BCUT2D eigenvalue weighted by Gasteiger charge is -2.34. The van der Waals surface area contributed by atoms with E-state index >= 15 is 0 Å². The number of likely N-dealkylation sites (N-methyl/N-ethyl adjacent to an activating group) is 1. The number of ether oxygens (including phenoxy) is 3. The second-order valence-electron chi connectivity index (χ2n) is 17.0. The highest BCUT2D eigenvalue weighted by atomic mass is 16.6. The maximum atomic E-state index is 12.8. The molecule has 8 heteroatoms. The summed E-state index contributed by atoms with van der Waals surface area (Å²) in [7, 11) is 5.40. The van der Waals surface area contributed by atoms with Crippen molar-refractivity contribution in [3.8, 4) is 0 Å². The van der Waals surface area contributed by atoms with Gasteiger partial charge in [0, 0.05) is 19.3 Å². The Hall–Kier alpha value is -2.97. The van der Waals surface area contributed by atoms with Crippen LogP contribution in [-0.4, -0.2) is 75.5 Å². The van der Waals surface area contributed by atoms with Crippen LogP contribution < -0.4 is 5.11 Å². The number of allylic oxidation sites excluding steroid dienone is 10. The highest BCUT2D eigenvalue weighted by Gasteiger charge is 2.25. The summed E-state index contributed by atoms with van der Waals surface area (Å²) < 4.78 is 17.2. The van der Waals surface area contributed by atoms with Crippen LogP contribution in [0.15, 0.2) is 60.8 Å². The fourth-order valence-corrected chi connectivity index (χ4v) is 6.70. The van der Waals surface area contributed by atoms with Gasteiger partial charge < -0.3 is 28.6 Å². The minimum absolute atomic E-state index is 0.0322. The fraction of sp³-hybridized carbons (Fsp3) is 0.745. The van der Waals surface area contributed by atoms with Crippen LogP contribution in [-0.2, 0) is 28.6 Å². The lowest BCUT2D eigenvalue weighted by molar-refractivity contribution is -0.889. The first-order chi connectivity index (χ1) is 28.6. The molecule has 0 radical (unpaired) electrons. The quantitative estimate of drug-likeness (QED) is 0.0261. The van der Waals surface area contributed by atoms with Gasteiger partial charge in [0.25, 0.3) is 0 Å². The summed E-state index contributed by atoms with van der Waals surface area (Å²) >= 11 is 0. The zero-order valence-corrected chi connectivity index (χ0v) is 38.7. The van der Waals surface area contributed by atoms with Crippen molar-refractivity contribution >= 4 is 17.9 Å². The zero-order chi connectivity index (χ0) is 43.5. The largest absolute Gasteiger partial charge is 0.544 e. The summed E-state index contributed by atoms with van der Waals surface area (Å²) in [6, 6.07) is -0.730. The molecule has 0 aromatic rings. The summed E-state index contributed by atoms with van der Waals surface area (Å²) in [6.07, 6.45) is 51.0. The molecule has 0 bridgehead atoms. The topological polar surface area (TPSA) is 102 Å². The number of rotatable bonds is 42. The fourth-order valence-electron chi connectivity index (χ4n) is 6.70.